The molecule has 4 nitrogen and oxygen atoms in total. The van der Waals surface area contributed by atoms with E-state index in [1.54, 1.807) is 11.8 Å². The zero-order chi connectivity index (χ0) is 20.8. The predicted octanol–water partition coefficient (Wildman–Crippen LogP) is 5.95. The number of carbonyl (C=O) groups is 1. The van der Waals surface area contributed by atoms with Gasteiger partial charge >= 0.3 is 0 Å². The minimum absolute atomic E-state index is 0.146. The number of benzene rings is 1. The molecule has 0 spiro atoms. The molecule has 1 heterocycles. The maximum atomic E-state index is 13.8. The summed E-state index contributed by atoms with van der Waals surface area (Å²) in [5, 5.41) is 9.60. The first-order valence-electron chi connectivity index (χ1n) is 10.2. The van der Waals surface area contributed by atoms with E-state index < -0.39 is 5.82 Å². The highest BCUT2D eigenvalue weighted by atomic mass is 32.2. The Hall–Kier alpha value is -1.92. The van der Waals surface area contributed by atoms with Gasteiger partial charge in [-0.3, -0.25) is 4.79 Å². The Balaban J connectivity index is 1.65. The number of Topliss-reactive ketones (excluding diaryl/α,β-unsaturated/α-hetero) is 1. The fraction of sp³-hybridized carbons (Fsp3) is 0.478. The number of halogens is 1. The summed E-state index contributed by atoms with van der Waals surface area (Å²) in [7, 11) is 0. The zero-order valence-corrected chi connectivity index (χ0v) is 17.8. The Kier molecular flexibility index (Phi) is 7.67. The normalized spacial score (nSPS) is 19.2. The van der Waals surface area contributed by atoms with Crippen molar-refractivity contribution in [3.8, 4) is 11.6 Å². The van der Waals surface area contributed by atoms with Crippen LogP contribution in [0.2, 0.25) is 0 Å². The van der Waals surface area contributed by atoms with Crippen LogP contribution in [0.15, 0.2) is 35.4 Å². The molecule has 1 N–H and O–H groups in total. The number of rotatable bonds is 8. The van der Waals surface area contributed by atoms with Crippen molar-refractivity contribution in [2.45, 2.75) is 62.9 Å². The van der Waals surface area contributed by atoms with Gasteiger partial charge in [-0.2, -0.15) is 0 Å². The number of aliphatic hydroxyl groups is 1. The van der Waals surface area contributed by atoms with Crippen LogP contribution < -0.4 is 4.74 Å². The molecule has 3 rings (SSSR count). The van der Waals surface area contributed by atoms with Gasteiger partial charge in [-0.1, -0.05) is 12.5 Å². The molecular formula is C23H28FNO3S. The van der Waals surface area contributed by atoms with E-state index in [9.17, 15) is 14.3 Å². The molecule has 1 fully saturated rings. The number of aromatic nitrogens is 1. The number of pyridine rings is 1. The average molecular weight is 418 g/mol. The topological polar surface area (TPSA) is 59.4 Å². The van der Waals surface area contributed by atoms with Crippen molar-refractivity contribution in [2.75, 3.05) is 6.26 Å². The number of aliphatic hydroxyl groups excluding tert-OH is 1. The van der Waals surface area contributed by atoms with E-state index in [2.05, 4.69) is 4.98 Å². The molecule has 0 unspecified atom stereocenters. The highest BCUT2D eigenvalue weighted by Gasteiger charge is 2.21. The second-order valence-electron chi connectivity index (χ2n) is 7.73. The maximum Gasteiger partial charge on any atom is 0.230 e. The average Bonchev–Trinajstić information content (AvgIpc) is 2.72. The first kappa shape index (κ1) is 21.8. The van der Waals surface area contributed by atoms with E-state index in [0.29, 0.717) is 18.1 Å². The quantitative estimate of drug-likeness (QED) is 0.425. The number of aryl methyl sites for hydroxylation is 1. The SMILES string of the molecule is CSc1cc(Oc2ncc(F)cc2C(=O)CCCC2CCC(O)CC2)ccc1C. The monoisotopic (exact) mass is 417 g/mol. The van der Waals surface area contributed by atoms with Crippen LogP contribution in [0.1, 0.15) is 60.9 Å². The van der Waals surface area contributed by atoms with E-state index in [4.69, 9.17) is 4.74 Å². The first-order chi connectivity index (χ1) is 14.0. The molecule has 6 heteroatoms. The minimum atomic E-state index is -0.546. The largest absolute Gasteiger partial charge is 0.438 e. The van der Waals surface area contributed by atoms with Crippen LogP contribution in [0.25, 0.3) is 0 Å². The van der Waals surface area contributed by atoms with Crippen molar-refractivity contribution >= 4 is 17.5 Å². The summed E-state index contributed by atoms with van der Waals surface area (Å²) >= 11 is 1.61. The lowest BCUT2D eigenvalue weighted by atomic mass is 9.84. The van der Waals surface area contributed by atoms with Gasteiger partial charge in [0, 0.05) is 11.3 Å². The summed E-state index contributed by atoms with van der Waals surface area (Å²) in [4.78, 5) is 17.9. The highest BCUT2D eigenvalue weighted by Crippen LogP contribution is 2.31. The molecule has 1 aliphatic carbocycles. The summed E-state index contributed by atoms with van der Waals surface area (Å²) < 4.78 is 19.6. The molecule has 1 aromatic carbocycles. The molecule has 0 atom stereocenters. The predicted molar refractivity (Wildman–Crippen MR) is 113 cm³/mol. The van der Waals surface area contributed by atoms with E-state index in [1.165, 1.54) is 6.07 Å². The summed E-state index contributed by atoms with van der Waals surface area (Å²) in [6, 6.07) is 6.89. The van der Waals surface area contributed by atoms with Crippen molar-refractivity contribution < 1.29 is 19.0 Å². The van der Waals surface area contributed by atoms with E-state index in [1.807, 2.05) is 31.4 Å². The Morgan fingerprint density at radius 1 is 1.28 bits per heavy atom. The number of nitrogens with zero attached hydrogens (tertiary/aromatic N) is 1. The number of carbonyl (C=O) groups excluding carboxylic acids is 1. The number of ether oxygens (including phenoxy) is 1. The van der Waals surface area contributed by atoms with Gasteiger partial charge in [-0.05, 0) is 75.0 Å². The Morgan fingerprint density at radius 2 is 2.03 bits per heavy atom. The van der Waals surface area contributed by atoms with Gasteiger partial charge in [-0.25, -0.2) is 9.37 Å². The molecule has 0 saturated heterocycles. The third-order valence-electron chi connectivity index (χ3n) is 5.54. The van der Waals surface area contributed by atoms with Crippen LogP contribution in [0, 0.1) is 18.7 Å². The Labute approximate surface area is 175 Å². The Morgan fingerprint density at radius 3 is 2.76 bits per heavy atom. The van der Waals surface area contributed by atoms with Gasteiger partial charge in [0.2, 0.25) is 5.88 Å². The van der Waals surface area contributed by atoms with Gasteiger partial charge in [0.25, 0.3) is 0 Å². The van der Waals surface area contributed by atoms with E-state index >= 15 is 0 Å². The van der Waals surface area contributed by atoms with Crippen molar-refractivity contribution in [3.63, 3.8) is 0 Å². The van der Waals surface area contributed by atoms with Crippen molar-refractivity contribution in [3.05, 3.63) is 47.4 Å². The maximum absolute atomic E-state index is 13.8. The second kappa shape index (κ2) is 10.2. The van der Waals surface area contributed by atoms with Gasteiger partial charge in [-0.15, -0.1) is 11.8 Å². The molecule has 0 bridgehead atoms. The third-order valence-corrected chi connectivity index (χ3v) is 6.42. The van der Waals surface area contributed by atoms with Gasteiger partial charge in [0.05, 0.1) is 17.9 Å². The number of hydrogen-bond acceptors (Lipinski definition) is 5. The van der Waals surface area contributed by atoms with Gasteiger partial charge in [0.1, 0.15) is 11.6 Å². The molecule has 1 saturated carbocycles. The van der Waals surface area contributed by atoms with Crippen LogP contribution in [-0.4, -0.2) is 28.2 Å². The van der Waals surface area contributed by atoms with Crippen LogP contribution >= 0.6 is 11.8 Å². The van der Waals surface area contributed by atoms with Crippen LogP contribution in [0.5, 0.6) is 11.6 Å². The molecule has 0 aliphatic heterocycles. The van der Waals surface area contributed by atoms with E-state index in [0.717, 1.165) is 55.2 Å². The molecule has 0 radical (unpaired) electrons. The summed E-state index contributed by atoms with van der Waals surface area (Å²) in [5.74, 6) is 0.586. The van der Waals surface area contributed by atoms with Crippen LogP contribution in [0.3, 0.4) is 0 Å². The molecule has 1 aliphatic rings. The molecule has 2 aromatic rings. The van der Waals surface area contributed by atoms with Crippen LogP contribution in [-0.2, 0) is 0 Å². The van der Waals surface area contributed by atoms with Crippen molar-refractivity contribution in [2.24, 2.45) is 5.92 Å². The van der Waals surface area contributed by atoms with Crippen molar-refractivity contribution in [1.29, 1.82) is 0 Å². The summed E-state index contributed by atoms with van der Waals surface area (Å²) in [6.45, 7) is 2.02. The summed E-state index contributed by atoms with van der Waals surface area (Å²) in [6.07, 6.45) is 8.64. The lowest BCUT2D eigenvalue weighted by molar-refractivity contribution is 0.0951. The lowest BCUT2D eigenvalue weighted by Crippen LogP contribution is -2.18. The standard InChI is InChI=1S/C23H28FNO3S/c1-15-6-11-19(13-22(15)29-2)28-23-20(12-17(24)14-25-23)21(27)5-3-4-16-7-9-18(26)10-8-16/h6,11-14,16,18,26H,3-5,7-10H2,1-2H3. The van der Waals surface area contributed by atoms with Gasteiger partial charge < -0.3 is 9.84 Å². The van der Waals surface area contributed by atoms with Crippen LogP contribution in [0.4, 0.5) is 4.39 Å². The zero-order valence-electron chi connectivity index (χ0n) is 17.0. The number of hydrogen-bond donors (Lipinski definition) is 1. The Bertz CT molecular complexity index is 850. The molecule has 0 amide bonds. The fourth-order valence-corrected chi connectivity index (χ4v) is 4.43. The van der Waals surface area contributed by atoms with E-state index in [-0.39, 0.29) is 23.3 Å². The van der Waals surface area contributed by atoms with Crippen molar-refractivity contribution in [1.82, 2.24) is 4.98 Å². The molecule has 29 heavy (non-hydrogen) atoms. The molecular weight excluding hydrogens is 389 g/mol. The third kappa shape index (κ3) is 6.03. The smallest absolute Gasteiger partial charge is 0.230 e. The number of ketones is 1. The number of thioether (sulfide) groups is 1. The fourth-order valence-electron chi connectivity index (χ4n) is 3.80. The van der Waals surface area contributed by atoms with Gasteiger partial charge in [0.15, 0.2) is 5.78 Å². The summed E-state index contributed by atoms with van der Waals surface area (Å²) in [5.41, 5.74) is 1.33. The minimum Gasteiger partial charge on any atom is -0.438 e. The first-order valence-corrected chi connectivity index (χ1v) is 11.4. The highest BCUT2D eigenvalue weighted by molar-refractivity contribution is 7.98. The molecule has 1 aromatic heterocycles. The second-order valence-corrected chi connectivity index (χ2v) is 8.58. The lowest BCUT2D eigenvalue weighted by Gasteiger charge is -2.25. The molecule has 156 valence electrons.